The summed E-state index contributed by atoms with van der Waals surface area (Å²) < 4.78 is 18.6. The van der Waals surface area contributed by atoms with Gasteiger partial charge in [0.1, 0.15) is 5.82 Å². The van der Waals surface area contributed by atoms with Crippen LogP contribution in [-0.2, 0) is 9.53 Å². The summed E-state index contributed by atoms with van der Waals surface area (Å²) >= 11 is 0. The summed E-state index contributed by atoms with van der Waals surface area (Å²) in [6.07, 6.45) is 9.42. The summed E-state index contributed by atoms with van der Waals surface area (Å²) in [5, 5.41) is 6.10. The van der Waals surface area contributed by atoms with E-state index in [0.717, 1.165) is 49.0 Å². The van der Waals surface area contributed by atoms with Crippen molar-refractivity contribution in [3.05, 3.63) is 60.2 Å². The maximum atomic E-state index is 13.6. The number of ether oxygens (including phenoxy) is 1. The minimum Gasteiger partial charge on any atom is -0.450 e. The molecular formula is C28H32FN3O3. The number of benzene rings is 1. The molecule has 6 nitrogen and oxygen atoms in total. The van der Waals surface area contributed by atoms with Gasteiger partial charge >= 0.3 is 6.09 Å². The van der Waals surface area contributed by atoms with Gasteiger partial charge in [-0.15, -0.1) is 0 Å². The van der Waals surface area contributed by atoms with Crippen molar-refractivity contribution < 1.29 is 18.7 Å². The minimum atomic E-state index is -0.341. The number of allylic oxidation sites excluding steroid dienone is 1. The van der Waals surface area contributed by atoms with Gasteiger partial charge in [-0.1, -0.05) is 24.3 Å². The molecule has 1 aromatic carbocycles. The number of nitrogens with zero attached hydrogens (tertiary/aromatic N) is 1. The molecule has 3 aliphatic rings. The first-order chi connectivity index (χ1) is 17.0. The molecule has 2 aromatic rings. The number of aromatic nitrogens is 1. The van der Waals surface area contributed by atoms with Crippen LogP contribution >= 0.6 is 0 Å². The highest BCUT2D eigenvalue weighted by Gasteiger charge is 2.50. The Balaban J connectivity index is 1.32. The molecule has 1 saturated heterocycles. The number of hydrogen-bond acceptors (Lipinski definition) is 4. The maximum absolute atomic E-state index is 13.6. The molecule has 35 heavy (non-hydrogen) atoms. The van der Waals surface area contributed by atoms with Crippen molar-refractivity contribution in [2.45, 2.75) is 38.6 Å². The van der Waals surface area contributed by atoms with E-state index in [4.69, 9.17) is 4.74 Å². The van der Waals surface area contributed by atoms with Crippen molar-refractivity contribution in [1.82, 2.24) is 15.6 Å². The van der Waals surface area contributed by atoms with Gasteiger partial charge in [-0.2, -0.15) is 0 Å². The predicted molar refractivity (Wildman–Crippen MR) is 132 cm³/mol. The van der Waals surface area contributed by atoms with Gasteiger partial charge in [0.15, 0.2) is 0 Å². The summed E-state index contributed by atoms with van der Waals surface area (Å²) in [6, 6.07) is 10.5. The van der Waals surface area contributed by atoms with Crippen LogP contribution in [-0.4, -0.2) is 36.2 Å². The molecule has 0 radical (unpaired) electrons. The lowest BCUT2D eigenvalue weighted by Crippen LogP contribution is -2.47. The van der Waals surface area contributed by atoms with Crippen molar-refractivity contribution in [2.75, 3.05) is 13.2 Å². The van der Waals surface area contributed by atoms with Crippen LogP contribution in [0.4, 0.5) is 9.18 Å². The third-order valence-electron chi connectivity index (χ3n) is 7.94. The highest BCUT2D eigenvalue weighted by atomic mass is 19.1. The second kappa shape index (κ2) is 10.2. The van der Waals surface area contributed by atoms with E-state index < -0.39 is 0 Å². The van der Waals surface area contributed by atoms with Crippen molar-refractivity contribution in [3.8, 4) is 11.1 Å². The molecule has 2 aliphatic carbocycles. The standard InChI is InChI=1S/C28H32FN3O3/c1-2-35-28(34)32-23-9-10-24-19(14-23)12-20-16-31-27(33)26(20)25(24)11-8-22-7-6-18(15-30-22)17-4-3-5-21(29)13-17/h3-8,11,13,15,19-20,23-26H,2,9-10,12,14,16H2,1H3,(H,31,33)(H,32,34)/b11-8+/t19-,20-,23-,24-,25+,26+/m1/s1. The summed E-state index contributed by atoms with van der Waals surface area (Å²) in [4.78, 5) is 29.2. The van der Waals surface area contributed by atoms with E-state index >= 15 is 0 Å². The number of amides is 2. The number of halogens is 1. The van der Waals surface area contributed by atoms with Crippen LogP contribution in [0.1, 0.15) is 38.3 Å². The van der Waals surface area contributed by atoms with E-state index in [-0.39, 0.29) is 35.7 Å². The van der Waals surface area contributed by atoms with E-state index in [1.807, 2.05) is 31.2 Å². The summed E-state index contributed by atoms with van der Waals surface area (Å²) in [6.45, 7) is 2.91. The molecule has 2 amide bonds. The highest BCUT2D eigenvalue weighted by molar-refractivity contribution is 5.82. The van der Waals surface area contributed by atoms with Crippen molar-refractivity contribution in [1.29, 1.82) is 0 Å². The number of alkyl carbamates (subject to hydrolysis) is 1. The monoisotopic (exact) mass is 477 g/mol. The lowest BCUT2D eigenvalue weighted by Gasteiger charge is -2.47. The summed E-state index contributed by atoms with van der Waals surface area (Å²) in [7, 11) is 0. The van der Waals surface area contributed by atoms with Crippen LogP contribution in [0.25, 0.3) is 17.2 Å². The number of carbonyl (C=O) groups is 2. The molecule has 6 atom stereocenters. The van der Waals surface area contributed by atoms with Gasteiger partial charge in [0.05, 0.1) is 12.3 Å². The normalized spacial score (nSPS) is 29.8. The van der Waals surface area contributed by atoms with Crippen molar-refractivity contribution >= 4 is 18.1 Å². The Labute approximate surface area is 205 Å². The molecule has 3 fully saturated rings. The van der Waals surface area contributed by atoms with Crippen molar-refractivity contribution in [3.63, 3.8) is 0 Å². The summed E-state index contributed by atoms with van der Waals surface area (Å²) in [5.41, 5.74) is 2.48. The average Bonchev–Trinajstić information content (AvgIpc) is 3.22. The molecule has 0 unspecified atom stereocenters. The largest absolute Gasteiger partial charge is 0.450 e. The van der Waals surface area contributed by atoms with E-state index in [1.165, 1.54) is 12.1 Å². The Morgan fingerprint density at radius 3 is 2.86 bits per heavy atom. The highest BCUT2D eigenvalue weighted by Crippen LogP contribution is 2.51. The third kappa shape index (κ3) is 5.09. The predicted octanol–water partition coefficient (Wildman–Crippen LogP) is 4.81. The molecule has 0 bridgehead atoms. The van der Waals surface area contributed by atoms with E-state index in [9.17, 15) is 14.0 Å². The van der Waals surface area contributed by atoms with Crippen LogP contribution < -0.4 is 10.6 Å². The zero-order chi connectivity index (χ0) is 24.4. The van der Waals surface area contributed by atoms with Gasteiger partial charge in [-0.05, 0) is 86.1 Å². The van der Waals surface area contributed by atoms with Crippen LogP contribution in [0.15, 0.2) is 48.7 Å². The first-order valence-electron chi connectivity index (χ1n) is 12.6. The zero-order valence-corrected chi connectivity index (χ0v) is 20.0. The van der Waals surface area contributed by atoms with Crippen LogP contribution in [0.5, 0.6) is 0 Å². The minimum absolute atomic E-state index is 0.00590. The molecule has 2 N–H and O–H groups in total. The van der Waals surface area contributed by atoms with E-state index in [2.05, 4.69) is 21.7 Å². The van der Waals surface area contributed by atoms with Gasteiger partial charge in [-0.25, -0.2) is 9.18 Å². The molecule has 2 saturated carbocycles. The van der Waals surface area contributed by atoms with Crippen LogP contribution in [0.3, 0.4) is 0 Å². The molecule has 5 rings (SSSR count). The molecular weight excluding hydrogens is 445 g/mol. The quantitative estimate of drug-likeness (QED) is 0.648. The molecule has 1 aliphatic heterocycles. The molecule has 0 spiro atoms. The Morgan fingerprint density at radius 1 is 1.20 bits per heavy atom. The van der Waals surface area contributed by atoms with Gasteiger partial charge < -0.3 is 15.4 Å². The summed E-state index contributed by atoms with van der Waals surface area (Å²) in [5.74, 6) is 1.22. The van der Waals surface area contributed by atoms with E-state index in [0.29, 0.717) is 24.4 Å². The second-order valence-electron chi connectivity index (χ2n) is 9.98. The molecule has 2 heterocycles. The number of pyridine rings is 1. The van der Waals surface area contributed by atoms with Gasteiger partial charge in [-0.3, -0.25) is 9.78 Å². The maximum Gasteiger partial charge on any atom is 0.407 e. The number of nitrogens with one attached hydrogen (secondary N) is 2. The Morgan fingerprint density at radius 2 is 2.09 bits per heavy atom. The molecule has 184 valence electrons. The number of hydrogen-bond donors (Lipinski definition) is 2. The first kappa shape index (κ1) is 23.5. The van der Waals surface area contributed by atoms with Crippen LogP contribution in [0, 0.1) is 35.4 Å². The number of fused-ring (bicyclic) bond motifs is 2. The van der Waals surface area contributed by atoms with Gasteiger partial charge in [0.2, 0.25) is 5.91 Å². The molecule has 1 aromatic heterocycles. The lowest BCUT2D eigenvalue weighted by molar-refractivity contribution is -0.126. The van der Waals surface area contributed by atoms with Gasteiger partial charge in [0.25, 0.3) is 0 Å². The van der Waals surface area contributed by atoms with Crippen LogP contribution in [0.2, 0.25) is 0 Å². The number of rotatable bonds is 5. The van der Waals surface area contributed by atoms with Crippen molar-refractivity contribution in [2.24, 2.45) is 29.6 Å². The smallest absolute Gasteiger partial charge is 0.407 e. The Bertz CT molecular complexity index is 1100. The third-order valence-corrected chi connectivity index (χ3v) is 7.94. The fourth-order valence-electron chi connectivity index (χ4n) is 6.42. The SMILES string of the molecule is CCOC(=O)N[C@@H]1CC[C@@H]2[C@@H](C1)C[C@@H]1CNC(=O)[C@@H]1[C@H]2/C=C/c1ccc(-c2cccc(F)c2)cn1. The lowest BCUT2D eigenvalue weighted by atomic mass is 9.58. The fraction of sp³-hybridized carbons (Fsp3) is 0.464. The van der Waals surface area contributed by atoms with E-state index in [1.54, 1.807) is 12.3 Å². The second-order valence-corrected chi connectivity index (χ2v) is 9.98. The average molecular weight is 478 g/mol. The number of carbonyl (C=O) groups excluding carboxylic acids is 2. The first-order valence-corrected chi connectivity index (χ1v) is 12.6. The Kier molecular flexibility index (Phi) is 6.84. The molecule has 7 heteroatoms. The Hall–Kier alpha value is -3.22. The zero-order valence-electron chi connectivity index (χ0n) is 20.0. The topological polar surface area (TPSA) is 80.3 Å². The van der Waals surface area contributed by atoms with Gasteiger partial charge in [0, 0.05) is 30.3 Å². The fourth-order valence-corrected chi connectivity index (χ4v) is 6.42.